The van der Waals surface area contributed by atoms with Crippen LogP contribution in [-0.4, -0.2) is 52.5 Å². The zero-order valence-corrected chi connectivity index (χ0v) is 22.8. The number of methoxy groups -OCH3 is 1. The molecule has 1 heterocycles. The van der Waals surface area contributed by atoms with Gasteiger partial charge >= 0.3 is 0 Å². The van der Waals surface area contributed by atoms with Crippen LogP contribution in [0, 0.1) is 6.92 Å². The fraction of sp³-hybridized carbons (Fsp3) is 0.367. The van der Waals surface area contributed by atoms with Crippen molar-refractivity contribution in [1.29, 1.82) is 0 Å². The second-order valence-electron chi connectivity index (χ2n) is 9.61. The number of unbranched alkanes of at least 4 members (excludes halogenated alkanes) is 1. The molecule has 0 aromatic heterocycles. The number of amides is 1. The third-order valence-electron chi connectivity index (χ3n) is 6.99. The zero-order chi connectivity index (χ0) is 26.4. The Morgan fingerprint density at radius 2 is 1.59 bits per heavy atom. The minimum absolute atomic E-state index is 0.0880. The van der Waals surface area contributed by atoms with Gasteiger partial charge in [0, 0.05) is 31.7 Å². The molecule has 1 saturated heterocycles. The lowest BCUT2D eigenvalue weighted by atomic mass is 10.1. The van der Waals surface area contributed by atoms with E-state index in [0.717, 1.165) is 41.8 Å². The summed E-state index contributed by atoms with van der Waals surface area (Å²) in [5.74, 6) is 0.594. The Labute approximate surface area is 220 Å². The van der Waals surface area contributed by atoms with E-state index in [1.807, 2.05) is 55.5 Å². The van der Waals surface area contributed by atoms with Gasteiger partial charge in [-0.2, -0.15) is 0 Å². The molecule has 3 aromatic carbocycles. The lowest BCUT2D eigenvalue weighted by Crippen LogP contribution is -2.49. The Kier molecular flexibility index (Phi) is 8.54. The topological polar surface area (TPSA) is 66.9 Å². The van der Waals surface area contributed by atoms with Crippen LogP contribution in [0.1, 0.15) is 46.8 Å². The molecule has 1 amide bonds. The van der Waals surface area contributed by atoms with Crippen molar-refractivity contribution in [2.45, 2.75) is 43.8 Å². The number of para-hydroxylation sites is 2. The first-order chi connectivity index (χ1) is 17.8. The number of carbonyl (C=O) groups excluding carboxylic acids is 1. The third-order valence-corrected chi connectivity index (χ3v) is 8.68. The molecule has 0 spiro atoms. The van der Waals surface area contributed by atoms with Gasteiger partial charge in [-0.05, 0) is 60.7 Å². The van der Waals surface area contributed by atoms with Crippen LogP contribution in [0.3, 0.4) is 0 Å². The molecule has 1 aliphatic rings. The van der Waals surface area contributed by atoms with E-state index in [1.54, 1.807) is 30.2 Å². The molecule has 0 atom stereocenters. The quantitative estimate of drug-likeness (QED) is 0.384. The van der Waals surface area contributed by atoms with Crippen molar-refractivity contribution in [2.24, 2.45) is 0 Å². The zero-order valence-electron chi connectivity index (χ0n) is 21.9. The van der Waals surface area contributed by atoms with Crippen LogP contribution in [0.4, 0.5) is 5.69 Å². The van der Waals surface area contributed by atoms with E-state index < -0.39 is 9.84 Å². The van der Waals surface area contributed by atoms with Crippen LogP contribution in [0.2, 0.25) is 0 Å². The summed E-state index contributed by atoms with van der Waals surface area (Å²) in [6.07, 6.45) is 3.25. The molecule has 6 nitrogen and oxygen atoms in total. The first-order valence-electron chi connectivity index (χ1n) is 12.9. The fourth-order valence-corrected chi connectivity index (χ4v) is 6.09. The molecule has 196 valence electrons. The van der Waals surface area contributed by atoms with Crippen LogP contribution in [-0.2, 0) is 22.0 Å². The van der Waals surface area contributed by atoms with Crippen molar-refractivity contribution in [2.75, 3.05) is 38.2 Å². The Morgan fingerprint density at radius 1 is 0.919 bits per heavy atom. The first-order valence-corrected chi connectivity index (χ1v) is 14.6. The van der Waals surface area contributed by atoms with E-state index in [0.29, 0.717) is 31.7 Å². The Morgan fingerprint density at radius 3 is 2.27 bits per heavy atom. The first kappa shape index (κ1) is 26.7. The molecule has 7 heteroatoms. The summed E-state index contributed by atoms with van der Waals surface area (Å²) in [7, 11) is -1.93. The Balaban J connectivity index is 1.46. The van der Waals surface area contributed by atoms with Gasteiger partial charge in [0.15, 0.2) is 9.84 Å². The summed E-state index contributed by atoms with van der Waals surface area (Å²) in [5, 5.41) is 0. The number of rotatable bonds is 9. The number of sulfone groups is 1. The molecule has 1 fully saturated rings. The van der Waals surface area contributed by atoms with Gasteiger partial charge in [-0.15, -0.1) is 0 Å². The largest absolute Gasteiger partial charge is 0.495 e. The summed E-state index contributed by atoms with van der Waals surface area (Å²) >= 11 is 0. The fourth-order valence-electron chi connectivity index (χ4n) is 4.72. The summed E-state index contributed by atoms with van der Waals surface area (Å²) in [5.41, 5.74) is 4.20. The Hall–Kier alpha value is -3.32. The van der Waals surface area contributed by atoms with Gasteiger partial charge in [0.2, 0.25) is 0 Å². The normalized spacial score (nSPS) is 14.0. The van der Waals surface area contributed by atoms with Gasteiger partial charge in [-0.25, -0.2) is 8.42 Å². The van der Waals surface area contributed by atoms with Gasteiger partial charge in [0.05, 0.1) is 23.4 Å². The highest BCUT2D eigenvalue weighted by Gasteiger charge is 2.26. The van der Waals surface area contributed by atoms with Crippen molar-refractivity contribution in [3.63, 3.8) is 0 Å². The van der Waals surface area contributed by atoms with E-state index in [1.165, 1.54) is 5.56 Å². The maximum absolute atomic E-state index is 13.4. The van der Waals surface area contributed by atoms with E-state index in [4.69, 9.17) is 4.74 Å². The molecule has 0 radical (unpaired) electrons. The van der Waals surface area contributed by atoms with Crippen molar-refractivity contribution in [3.8, 4) is 5.75 Å². The molecule has 0 N–H and O–H groups in total. The number of hydrogen-bond donors (Lipinski definition) is 0. The van der Waals surface area contributed by atoms with Crippen LogP contribution >= 0.6 is 0 Å². The highest BCUT2D eigenvalue weighted by molar-refractivity contribution is 7.90. The lowest BCUT2D eigenvalue weighted by Gasteiger charge is -2.36. The molecule has 3 aromatic rings. The number of ether oxygens (including phenoxy) is 1. The molecule has 1 aliphatic heterocycles. The summed E-state index contributed by atoms with van der Waals surface area (Å²) in [6.45, 7) is 6.47. The van der Waals surface area contributed by atoms with Crippen LogP contribution in [0.5, 0.6) is 5.75 Å². The SMILES string of the molecule is CCCCc1ccc(CS(=O)(=O)c2ccc(C)c(C(=O)N3CCN(c4ccccc4OC)CC3)c2)cc1. The second kappa shape index (κ2) is 11.8. The maximum Gasteiger partial charge on any atom is 0.254 e. The molecular weight excluding hydrogens is 484 g/mol. The van der Waals surface area contributed by atoms with E-state index in [9.17, 15) is 13.2 Å². The molecule has 37 heavy (non-hydrogen) atoms. The highest BCUT2D eigenvalue weighted by atomic mass is 32.2. The number of piperazine rings is 1. The minimum Gasteiger partial charge on any atom is -0.495 e. The summed E-state index contributed by atoms with van der Waals surface area (Å²) < 4.78 is 32.0. The maximum atomic E-state index is 13.4. The third kappa shape index (κ3) is 6.34. The molecule has 0 unspecified atom stereocenters. The van der Waals surface area contributed by atoms with Crippen LogP contribution in [0.25, 0.3) is 0 Å². The lowest BCUT2D eigenvalue weighted by molar-refractivity contribution is 0.0745. The van der Waals surface area contributed by atoms with E-state index in [-0.39, 0.29) is 16.6 Å². The summed E-state index contributed by atoms with van der Waals surface area (Å²) in [6, 6.07) is 20.6. The number of anilines is 1. The average Bonchev–Trinajstić information content (AvgIpc) is 2.92. The monoisotopic (exact) mass is 520 g/mol. The van der Waals surface area contributed by atoms with Crippen LogP contribution < -0.4 is 9.64 Å². The van der Waals surface area contributed by atoms with Crippen molar-refractivity contribution >= 4 is 21.4 Å². The van der Waals surface area contributed by atoms with Crippen molar-refractivity contribution < 1.29 is 17.9 Å². The standard InChI is InChI=1S/C30H36N2O4S/c1-4-5-8-24-12-14-25(15-13-24)22-37(34,35)26-16-11-23(2)27(21-26)30(33)32-19-17-31(18-20-32)28-9-6-7-10-29(28)36-3/h6-7,9-16,21H,4-5,8,17-20,22H2,1-3H3. The average molecular weight is 521 g/mol. The van der Waals surface area contributed by atoms with Gasteiger partial charge in [0.1, 0.15) is 5.75 Å². The number of hydrogen-bond acceptors (Lipinski definition) is 5. The predicted molar refractivity (Wildman–Crippen MR) is 148 cm³/mol. The number of aryl methyl sites for hydroxylation is 2. The molecule has 4 rings (SSSR count). The van der Waals surface area contributed by atoms with Gasteiger partial charge < -0.3 is 14.5 Å². The second-order valence-corrected chi connectivity index (χ2v) is 11.6. The van der Waals surface area contributed by atoms with E-state index in [2.05, 4.69) is 11.8 Å². The van der Waals surface area contributed by atoms with Crippen LogP contribution in [0.15, 0.2) is 71.6 Å². The molecule has 0 saturated carbocycles. The summed E-state index contributed by atoms with van der Waals surface area (Å²) in [4.78, 5) is 17.6. The number of nitrogens with zero attached hydrogens (tertiary/aromatic N) is 2. The number of benzene rings is 3. The molecular formula is C30H36N2O4S. The minimum atomic E-state index is -3.59. The predicted octanol–water partition coefficient (Wildman–Crippen LogP) is 5.28. The van der Waals surface area contributed by atoms with Crippen molar-refractivity contribution in [1.82, 2.24) is 4.90 Å². The molecule has 0 bridgehead atoms. The van der Waals surface area contributed by atoms with E-state index >= 15 is 0 Å². The van der Waals surface area contributed by atoms with Gasteiger partial charge in [-0.3, -0.25) is 4.79 Å². The van der Waals surface area contributed by atoms with Gasteiger partial charge in [0.25, 0.3) is 5.91 Å². The highest BCUT2D eigenvalue weighted by Crippen LogP contribution is 2.29. The number of carbonyl (C=O) groups is 1. The smallest absolute Gasteiger partial charge is 0.254 e. The van der Waals surface area contributed by atoms with Gasteiger partial charge in [-0.1, -0.05) is 55.8 Å². The Bertz CT molecular complexity index is 1330. The van der Waals surface area contributed by atoms with Crippen molar-refractivity contribution in [3.05, 3.63) is 89.0 Å². The molecule has 0 aliphatic carbocycles.